The number of amides is 1. The van der Waals surface area contributed by atoms with E-state index in [1.165, 1.54) is 17.8 Å². The topological polar surface area (TPSA) is 66.5 Å². The Balaban J connectivity index is 2.35. The van der Waals surface area contributed by atoms with E-state index < -0.39 is 10.0 Å². The minimum Gasteiger partial charge on any atom is -0.339 e. The fraction of sp³-hybridized carbons (Fsp3) is 0.588. The maximum Gasteiger partial charge on any atom is 0.255 e. The van der Waals surface area contributed by atoms with Crippen LogP contribution in [0, 0.1) is 0 Å². The number of carbonyl (C=O) groups is 1. The molecular formula is C17H26N2O3S2. The largest absolute Gasteiger partial charge is 0.339 e. The molecule has 5 nitrogen and oxygen atoms in total. The lowest BCUT2D eigenvalue weighted by atomic mass is 10.1. The van der Waals surface area contributed by atoms with Crippen LogP contribution >= 0.6 is 11.8 Å². The molecule has 7 heteroatoms. The van der Waals surface area contributed by atoms with Crippen LogP contribution in [0.2, 0.25) is 0 Å². The minimum absolute atomic E-state index is 0.0698. The van der Waals surface area contributed by atoms with Gasteiger partial charge in [-0.1, -0.05) is 6.92 Å². The fourth-order valence-corrected chi connectivity index (χ4v) is 4.63. The van der Waals surface area contributed by atoms with Gasteiger partial charge in [-0.15, -0.1) is 11.8 Å². The number of carbonyl (C=O) groups excluding carboxylic acids is 1. The van der Waals surface area contributed by atoms with Crippen molar-refractivity contribution in [3.63, 3.8) is 0 Å². The number of nitrogens with one attached hydrogen (secondary N) is 1. The van der Waals surface area contributed by atoms with Gasteiger partial charge in [-0.05, 0) is 57.1 Å². The minimum atomic E-state index is -3.61. The number of piperidine rings is 1. The van der Waals surface area contributed by atoms with E-state index in [1.54, 1.807) is 12.1 Å². The van der Waals surface area contributed by atoms with E-state index in [0.717, 1.165) is 37.2 Å². The summed E-state index contributed by atoms with van der Waals surface area (Å²) in [4.78, 5) is 15.6. The highest BCUT2D eigenvalue weighted by Gasteiger charge is 2.24. The molecule has 0 radical (unpaired) electrons. The van der Waals surface area contributed by atoms with Crippen LogP contribution in [-0.4, -0.2) is 44.6 Å². The molecule has 1 aliphatic heterocycles. The molecule has 134 valence electrons. The Labute approximate surface area is 149 Å². The van der Waals surface area contributed by atoms with Crippen molar-refractivity contribution in [2.45, 2.75) is 55.4 Å². The summed E-state index contributed by atoms with van der Waals surface area (Å²) in [5, 5.41) is 0. The van der Waals surface area contributed by atoms with Crippen molar-refractivity contribution in [2.75, 3.05) is 19.3 Å². The average Bonchev–Trinajstić information content (AvgIpc) is 2.60. The van der Waals surface area contributed by atoms with E-state index in [-0.39, 0.29) is 16.8 Å². The maximum atomic E-state index is 12.8. The summed E-state index contributed by atoms with van der Waals surface area (Å²) in [5.74, 6) is -0.0698. The second-order valence-corrected chi connectivity index (χ2v) is 8.71. The number of benzene rings is 1. The lowest BCUT2D eigenvalue weighted by molar-refractivity contribution is 0.0720. The van der Waals surface area contributed by atoms with E-state index in [2.05, 4.69) is 4.72 Å². The van der Waals surface area contributed by atoms with Crippen LogP contribution < -0.4 is 4.72 Å². The van der Waals surface area contributed by atoms with Crippen molar-refractivity contribution >= 4 is 27.7 Å². The molecule has 0 aromatic heterocycles. The maximum absolute atomic E-state index is 12.8. The summed E-state index contributed by atoms with van der Waals surface area (Å²) < 4.78 is 27.7. The third-order valence-corrected chi connectivity index (χ3v) is 6.71. The second kappa shape index (κ2) is 8.36. The van der Waals surface area contributed by atoms with Crippen molar-refractivity contribution in [1.29, 1.82) is 0 Å². The molecule has 1 heterocycles. The summed E-state index contributed by atoms with van der Waals surface area (Å²) in [6.45, 7) is 5.24. The zero-order valence-corrected chi connectivity index (χ0v) is 16.2. The monoisotopic (exact) mass is 370 g/mol. The fourth-order valence-electron chi connectivity index (χ4n) is 2.70. The van der Waals surface area contributed by atoms with Crippen LogP contribution in [0.1, 0.15) is 49.9 Å². The highest BCUT2D eigenvalue weighted by molar-refractivity contribution is 7.98. The number of rotatable bonds is 6. The van der Waals surface area contributed by atoms with Gasteiger partial charge in [0.15, 0.2) is 0 Å². The van der Waals surface area contributed by atoms with Gasteiger partial charge in [-0.3, -0.25) is 4.79 Å². The summed E-state index contributed by atoms with van der Waals surface area (Å²) in [5.41, 5.74) is 0.483. The molecule has 24 heavy (non-hydrogen) atoms. The number of thioether (sulfide) groups is 1. The summed E-state index contributed by atoms with van der Waals surface area (Å²) in [6, 6.07) is 4.68. The van der Waals surface area contributed by atoms with Gasteiger partial charge < -0.3 is 4.90 Å². The molecule has 1 fully saturated rings. The molecule has 1 atom stereocenters. The van der Waals surface area contributed by atoms with Crippen molar-refractivity contribution in [2.24, 2.45) is 0 Å². The van der Waals surface area contributed by atoms with Gasteiger partial charge in [0.1, 0.15) is 0 Å². The zero-order chi connectivity index (χ0) is 17.7. The third-order valence-electron chi connectivity index (χ3n) is 4.32. The van der Waals surface area contributed by atoms with Crippen LogP contribution in [0.25, 0.3) is 0 Å². The Hall–Kier alpha value is -1.05. The first kappa shape index (κ1) is 19.3. The highest BCUT2D eigenvalue weighted by atomic mass is 32.2. The van der Waals surface area contributed by atoms with Gasteiger partial charge in [0, 0.05) is 24.0 Å². The zero-order valence-electron chi connectivity index (χ0n) is 14.5. The van der Waals surface area contributed by atoms with Gasteiger partial charge in [0.05, 0.1) is 10.5 Å². The number of hydrogen-bond acceptors (Lipinski definition) is 4. The van der Waals surface area contributed by atoms with E-state index in [0.29, 0.717) is 12.0 Å². The van der Waals surface area contributed by atoms with E-state index in [1.807, 2.05) is 25.0 Å². The lowest BCUT2D eigenvalue weighted by Crippen LogP contribution is -2.36. The van der Waals surface area contributed by atoms with Gasteiger partial charge in [0.25, 0.3) is 5.91 Å². The molecule has 1 N–H and O–H groups in total. The van der Waals surface area contributed by atoms with Crippen LogP contribution in [0.4, 0.5) is 0 Å². The summed E-state index contributed by atoms with van der Waals surface area (Å²) in [7, 11) is -3.61. The standard InChI is InChI=1S/C17H26N2O3S2/c1-4-13(2)18-24(21,22)14-8-9-16(23-3)15(12-14)17(20)19-10-6-5-7-11-19/h8-9,12-13,18H,4-7,10-11H2,1-3H3. The quantitative estimate of drug-likeness (QED) is 0.782. The SMILES string of the molecule is CCC(C)NS(=O)(=O)c1ccc(SC)c(C(=O)N2CCCCC2)c1. The molecule has 0 spiro atoms. The van der Waals surface area contributed by atoms with Crippen LogP contribution in [0.5, 0.6) is 0 Å². The highest BCUT2D eigenvalue weighted by Crippen LogP contribution is 2.26. The summed E-state index contributed by atoms with van der Waals surface area (Å²) >= 11 is 1.46. The van der Waals surface area contributed by atoms with Crippen molar-refractivity contribution < 1.29 is 13.2 Å². The number of likely N-dealkylation sites (tertiary alicyclic amines) is 1. The average molecular weight is 371 g/mol. The Morgan fingerprint density at radius 3 is 2.54 bits per heavy atom. The van der Waals surface area contributed by atoms with E-state index in [4.69, 9.17) is 0 Å². The third kappa shape index (κ3) is 4.52. The van der Waals surface area contributed by atoms with Gasteiger partial charge in [-0.2, -0.15) is 0 Å². The molecule has 1 aromatic rings. The van der Waals surface area contributed by atoms with E-state index >= 15 is 0 Å². The molecular weight excluding hydrogens is 344 g/mol. The first-order valence-electron chi connectivity index (χ1n) is 8.38. The van der Waals surface area contributed by atoms with Crippen LogP contribution in [0.15, 0.2) is 28.0 Å². The van der Waals surface area contributed by atoms with Gasteiger partial charge >= 0.3 is 0 Å². The normalized spacial score (nSPS) is 16.9. The molecule has 1 aliphatic rings. The van der Waals surface area contributed by atoms with Crippen LogP contribution in [-0.2, 0) is 10.0 Å². The van der Waals surface area contributed by atoms with Crippen molar-refractivity contribution in [1.82, 2.24) is 9.62 Å². The Kier molecular flexibility index (Phi) is 6.71. The molecule has 1 aromatic carbocycles. The Morgan fingerprint density at radius 2 is 1.96 bits per heavy atom. The Bertz CT molecular complexity index is 683. The van der Waals surface area contributed by atoms with E-state index in [9.17, 15) is 13.2 Å². The number of sulfonamides is 1. The first-order chi connectivity index (χ1) is 11.4. The molecule has 1 saturated heterocycles. The number of nitrogens with zero attached hydrogens (tertiary/aromatic N) is 1. The first-order valence-corrected chi connectivity index (χ1v) is 11.1. The van der Waals surface area contributed by atoms with Gasteiger partial charge in [-0.25, -0.2) is 13.1 Å². The molecule has 0 aliphatic carbocycles. The molecule has 2 rings (SSSR count). The lowest BCUT2D eigenvalue weighted by Gasteiger charge is -2.27. The molecule has 1 unspecified atom stereocenters. The molecule has 0 bridgehead atoms. The predicted octanol–water partition coefficient (Wildman–Crippen LogP) is 3.11. The smallest absolute Gasteiger partial charge is 0.255 e. The molecule has 0 saturated carbocycles. The van der Waals surface area contributed by atoms with Crippen molar-refractivity contribution in [3.8, 4) is 0 Å². The van der Waals surface area contributed by atoms with Gasteiger partial charge in [0.2, 0.25) is 10.0 Å². The van der Waals surface area contributed by atoms with Crippen molar-refractivity contribution in [3.05, 3.63) is 23.8 Å². The number of hydrogen-bond donors (Lipinski definition) is 1. The van der Waals surface area contributed by atoms with Crippen LogP contribution in [0.3, 0.4) is 0 Å². The predicted molar refractivity (Wildman–Crippen MR) is 98.1 cm³/mol. The molecule has 1 amide bonds. The Morgan fingerprint density at radius 1 is 1.29 bits per heavy atom. The second-order valence-electron chi connectivity index (χ2n) is 6.15. The summed E-state index contributed by atoms with van der Waals surface area (Å²) in [6.07, 6.45) is 5.77.